The minimum absolute atomic E-state index is 0.0194. The fourth-order valence-electron chi connectivity index (χ4n) is 14.0. The van der Waals surface area contributed by atoms with Crippen molar-refractivity contribution >= 4 is 5.97 Å². The number of aliphatic hydroxyl groups excluding tert-OH is 9. The first-order chi connectivity index (χ1) is 26.7. The number of carboxylic acids is 1. The van der Waals surface area contributed by atoms with E-state index < -0.39 is 104 Å². The van der Waals surface area contributed by atoms with E-state index in [-0.39, 0.29) is 58.9 Å². The normalized spacial score (nSPS) is 56.4. The van der Waals surface area contributed by atoms with Gasteiger partial charge in [-0.25, -0.2) is 0 Å². The van der Waals surface area contributed by atoms with Gasteiger partial charge < -0.3 is 70.0 Å². The maximum atomic E-state index is 13.6. The van der Waals surface area contributed by atoms with Crippen molar-refractivity contribution in [3.63, 3.8) is 0 Å². The first-order valence-corrected chi connectivity index (χ1v) is 21.2. The number of rotatable bonds is 8. The van der Waals surface area contributed by atoms with Crippen LogP contribution in [0.4, 0.5) is 0 Å². The topological polar surface area (TPSA) is 256 Å². The molecule has 15 heteroatoms. The lowest BCUT2D eigenvalue weighted by Gasteiger charge is -2.71. The Labute approximate surface area is 335 Å². The fourth-order valence-corrected chi connectivity index (χ4v) is 14.0. The highest BCUT2D eigenvalue weighted by Gasteiger charge is 2.71. The summed E-state index contributed by atoms with van der Waals surface area (Å²) in [6.07, 6.45) is -8.17. The molecule has 15 nitrogen and oxygen atoms in total. The van der Waals surface area contributed by atoms with Crippen LogP contribution < -0.4 is 0 Å². The molecule has 6 fully saturated rings. The SMILES string of the molecule is CC1C(OC2OC(CO)C(O)C(O)C2O)CC2(C(=O)O)CCC3(C)C(=CCC4C5(C)CCC(OC6OC(CO)C(O)C(O)C6O)C(C)(CO)C5CCC43C)C2C1C. The van der Waals surface area contributed by atoms with E-state index >= 15 is 0 Å². The van der Waals surface area contributed by atoms with Gasteiger partial charge in [-0.1, -0.05) is 53.2 Å². The van der Waals surface area contributed by atoms with E-state index in [9.17, 15) is 55.9 Å². The molecule has 7 aliphatic rings. The van der Waals surface area contributed by atoms with E-state index in [0.29, 0.717) is 19.3 Å². The summed E-state index contributed by atoms with van der Waals surface area (Å²) < 4.78 is 24.2. The average molecular weight is 813 g/mol. The number of hydrogen-bond acceptors (Lipinski definition) is 14. The van der Waals surface area contributed by atoms with E-state index in [1.165, 1.54) is 5.57 Å². The molecule has 0 aromatic heterocycles. The second-order valence-corrected chi connectivity index (χ2v) is 20.1. The second-order valence-electron chi connectivity index (χ2n) is 20.1. The molecule has 2 heterocycles. The highest BCUT2D eigenvalue weighted by molar-refractivity contribution is 5.77. The van der Waals surface area contributed by atoms with Crippen LogP contribution in [0.15, 0.2) is 11.6 Å². The Morgan fingerprint density at radius 2 is 1.32 bits per heavy atom. The van der Waals surface area contributed by atoms with Gasteiger partial charge in [-0.3, -0.25) is 4.79 Å². The maximum absolute atomic E-state index is 13.6. The maximum Gasteiger partial charge on any atom is 0.310 e. The number of aliphatic hydroxyl groups is 9. The molecule has 22 atom stereocenters. The van der Waals surface area contributed by atoms with E-state index in [0.717, 1.165) is 25.7 Å². The number of allylic oxidation sites excluding steroid dienone is 2. The molecule has 22 unspecified atom stereocenters. The van der Waals surface area contributed by atoms with Crippen molar-refractivity contribution in [3.8, 4) is 0 Å². The third-order valence-corrected chi connectivity index (χ3v) is 17.8. The van der Waals surface area contributed by atoms with Crippen LogP contribution in [0.2, 0.25) is 0 Å². The number of hydrogen-bond donors (Lipinski definition) is 10. The molecule has 326 valence electrons. The molecule has 0 bridgehead atoms. The number of carbonyl (C=O) groups is 1. The zero-order chi connectivity index (χ0) is 41.8. The van der Waals surface area contributed by atoms with Crippen LogP contribution >= 0.6 is 0 Å². The van der Waals surface area contributed by atoms with Crippen molar-refractivity contribution in [1.82, 2.24) is 0 Å². The van der Waals surface area contributed by atoms with Crippen molar-refractivity contribution in [1.29, 1.82) is 0 Å². The van der Waals surface area contributed by atoms with E-state index in [1.807, 2.05) is 13.8 Å². The van der Waals surface area contributed by atoms with Crippen LogP contribution in [-0.4, -0.2) is 150 Å². The monoisotopic (exact) mass is 812 g/mol. The zero-order valence-electron chi connectivity index (χ0n) is 34.2. The third-order valence-electron chi connectivity index (χ3n) is 17.8. The van der Waals surface area contributed by atoms with Gasteiger partial charge in [0, 0.05) is 5.41 Å². The van der Waals surface area contributed by atoms with Crippen molar-refractivity contribution in [2.75, 3.05) is 19.8 Å². The molecule has 0 radical (unpaired) electrons. The van der Waals surface area contributed by atoms with Gasteiger partial charge in [-0.15, -0.1) is 0 Å². The van der Waals surface area contributed by atoms with Gasteiger partial charge in [0.1, 0.15) is 48.8 Å². The Kier molecular flexibility index (Phi) is 11.7. The number of carboxylic acid groups (broad SMARTS) is 1. The molecule has 0 aromatic carbocycles. The molecule has 2 saturated heterocycles. The Morgan fingerprint density at radius 3 is 1.86 bits per heavy atom. The molecular formula is C42H68O15. The van der Waals surface area contributed by atoms with Crippen molar-refractivity contribution in [3.05, 3.63) is 11.6 Å². The summed E-state index contributed by atoms with van der Waals surface area (Å²) in [6.45, 7) is 11.8. The van der Waals surface area contributed by atoms with Crippen LogP contribution in [0.3, 0.4) is 0 Å². The molecule has 4 saturated carbocycles. The van der Waals surface area contributed by atoms with Gasteiger partial charge in [0.05, 0.1) is 37.4 Å². The Hall–Kier alpha value is -1.31. The lowest BCUT2D eigenvalue weighted by atomic mass is 9.33. The fraction of sp³-hybridized carbons (Fsp3) is 0.929. The van der Waals surface area contributed by atoms with Gasteiger partial charge >= 0.3 is 5.97 Å². The minimum atomic E-state index is -1.60. The first kappa shape index (κ1) is 43.8. The van der Waals surface area contributed by atoms with Crippen molar-refractivity contribution in [2.24, 2.45) is 56.7 Å². The zero-order valence-corrected chi connectivity index (χ0v) is 34.2. The van der Waals surface area contributed by atoms with Gasteiger partial charge in [0.2, 0.25) is 0 Å². The van der Waals surface area contributed by atoms with Crippen molar-refractivity contribution < 1.29 is 74.8 Å². The van der Waals surface area contributed by atoms with Crippen molar-refractivity contribution in [2.45, 2.75) is 167 Å². The Balaban J connectivity index is 1.16. The summed E-state index contributed by atoms with van der Waals surface area (Å²) in [5.74, 6) is -1.27. The first-order valence-electron chi connectivity index (χ1n) is 21.2. The average Bonchev–Trinajstić information content (AvgIpc) is 3.18. The predicted octanol–water partition coefficient (Wildman–Crippen LogP) is 0.681. The summed E-state index contributed by atoms with van der Waals surface area (Å²) in [7, 11) is 0. The molecule has 7 rings (SSSR count). The molecular weight excluding hydrogens is 744 g/mol. The summed E-state index contributed by atoms with van der Waals surface area (Å²) in [4.78, 5) is 13.6. The van der Waals surface area contributed by atoms with Crippen LogP contribution in [0, 0.1) is 56.7 Å². The van der Waals surface area contributed by atoms with Crippen LogP contribution in [0.1, 0.15) is 92.9 Å². The number of aliphatic carboxylic acids is 1. The Bertz CT molecular complexity index is 1530. The standard InChI is InChI=1S/C42H68O15/c1-19-20(2)28-21-7-8-26-38(3)11-10-27(57-36-34(51)32(49)30(47)24(17-44)56-36)39(4,18-45)25(38)9-12-41(26,6)40(21,5)13-14-42(28,37(52)53)15-22(19)54-35-33(50)31(48)29(46)23(16-43)55-35/h7,19-20,22-36,43-51H,8-18H2,1-6H3,(H,52,53). The summed E-state index contributed by atoms with van der Waals surface area (Å²) in [5.41, 5.74) is -1.48. The van der Waals surface area contributed by atoms with Crippen LogP contribution in [0.5, 0.6) is 0 Å². The van der Waals surface area contributed by atoms with Gasteiger partial charge in [0.25, 0.3) is 0 Å². The molecule has 57 heavy (non-hydrogen) atoms. The Morgan fingerprint density at radius 1 is 0.737 bits per heavy atom. The van der Waals surface area contributed by atoms with E-state index in [2.05, 4.69) is 33.8 Å². The van der Waals surface area contributed by atoms with Crippen LogP contribution in [0.25, 0.3) is 0 Å². The lowest BCUT2D eigenvalue weighted by molar-refractivity contribution is -0.333. The van der Waals surface area contributed by atoms with Crippen LogP contribution in [-0.2, 0) is 23.7 Å². The highest BCUT2D eigenvalue weighted by atomic mass is 16.7. The molecule has 10 N–H and O–H groups in total. The smallest absolute Gasteiger partial charge is 0.310 e. The number of fused-ring (bicyclic) bond motifs is 7. The predicted molar refractivity (Wildman–Crippen MR) is 201 cm³/mol. The van der Waals surface area contributed by atoms with Gasteiger partial charge in [-0.05, 0) is 97.2 Å². The molecule has 0 spiro atoms. The van der Waals surface area contributed by atoms with E-state index in [4.69, 9.17) is 18.9 Å². The van der Waals surface area contributed by atoms with Gasteiger partial charge in [-0.2, -0.15) is 0 Å². The summed E-state index contributed by atoms with van der Waals surface area (Å²) in [5, 5.41) is 105. The largest absolute Gasteiger partial charge is 0.481 e. The molecule has 0 amide bonds. The molecule has 5 aliphatic carbocycles. The quantitative estimate of drug-likeness (QED) is 0.120. The molecule has 2 aliphatic heterocycles. The molecule has 0 aromatic rings. The van der Waals surface area contributed by atoms with Gasteiger partial charge in [0.15, 0.2) is 12.6 Å². The van der Waals surface area contributed by atoms with E-state index in [1.54, 1.807) is 0 Å². The third kappa shape index (κ3) is 6.26. The second kappa shape index (κ2) is 15.2. The summed E-state index contributed by atoms with van der Waals surface area (Å²) >= 11 is 0. The number of ether oxygens (including phenoxy) is 4. The highest BCUT2D eigenvalue weighted by Crippen LogP contribution is 2.76. The minimum Gasteiger partial charge on any atom is -0.481 e. The summed E-state index contributed by atoms with van der Waals surface area (Å²) in [6, 6.07) is 0. The lowest BCUT2D eigenvalue weighted by Crippen LogP contribution is -2.67.